The lowest BCUT2D eigenvalue weighted by Crippen LogP contribution is -2.26. The number of alkyl halides is 1. The molecule has 0 spiro atoms. The van der Waals surface area contributed by atoms with E-state index in [2.05, 4.69) is 4.98 Å². The number of hydrogen-bond acceptors (Lipinski definition) is 4. The topological polar surface area (TPSA) is 48.4 Å². The molecule has 4 nitrogen and oxygen atoms in total. The minimum absolute atomic E-state index is 0.114. The number of esters is 1. The van der Waals surface area contributed by atoms with Crippen molar-refractivity contribution in [1.29, 1.82) is 0 Å². The predicted molar refractivity (Wildman–Crippen MR) is 84.5 cm³/mol. The standard InChI is InChI=1S/C14H18Cl3NO3/c1-10(14(19)20-9-5-3-2-4-8-15)21-11-6-7-12(16)18-13(11)17/h6-7,10H,2-5,8-9H2,1H3. The normalized spacial score (nSPS) is 12.0. The summed E-state index contributed by atoms with van der Waals surface area (Å²) in [6.45, 7) is 1.97. The van der Waals surface area contributed by atoms with Gasteiger partial charge in [0.05, 0.1) is 6.61 Å². The number of unbranched alkanes of at least 4 members (excludes halogenated alkanes) is 3. The van der Waals surface area contributed by atoms with Crippen LogP contribution < -0.4 is 4.74 Å². The maximum atomic E-state index is 11.8. The highest BCUT2D eigenvalue weighted by molar-refractivity contribution is 6.33. The van der Waals surface area contributed by atoms with Gasteiger partial charge in [-0.2, -0.15) is 0 Å². The Bertz CT molecular complexity index is 457. The monoisotopic (exact) mass is 353 g/mol. The fourth-order valence-electron chi connectivity index (χ4n) is 1.57. The van der Waals surface area contributed by atoms with E-state index >= 15 is 0 Å². The van der Waals surface area contributed by atoms with Crippen molar-refractivity contribution in [2.24, 2.45) is 0 Å². The number of aromatic nitrogens is 1. The number of ether oxygens (including phenoxy) is 2. The largest absolute Gasteiger partial charge is 0.476 e. The highest BCUT2D eigenvalue weighted by atomic mass is 35.5. The van der Waals surface area contributed by atoms with Crippen LogP contribution in [0, 0.1) is 0 Å². The van der Waals surface area contributed by atoms with E-state index in [0.29, 0.717) is 18.2 Å². The van der Waals surface area contributed by atoms with Crippen molar-refractivity contribution in [2.75, 3.05) is 12.5 Å². The molecule has 1 atom stereocenters. The Morgan fingerprint density at radius 3 is 2.62 bits per heavy atom. The van der Waals surface area contributed by atoms with Gasteiger partial charge in [-0.15, -0.1) is 11.6 Å². The summed E-state index contributed by atoms with van der Waals surface area (Å²) < 4.78 is 10.5. The average molecular weight is 355 g/mol. The van der Waals surface area contributed by atoms with Crippen molar-refractivity contribution in [3.05, 3.63) is 22.4 Å². The Labute approximate surface area is 139 Å². The molecule has 1 unspecified atom stereocenters. The third-order valence-corrected chi connectivity index (χ3v) is 3.44. The first-order chi connectivity index (χ1) is 10.0. The minimum Gasteiger partial charge on any atom is -0.476 e. The van der Waals surface area contributed by atoms with Crippen LogP contribution in [-0.4, -0.2) is 29.5 Å². The van der Waals surface area contributed by atoms with Gasteiger partial charge in [0.2, 0.25) is 0 Å². The third kappa shape index (κ3) is 7.21. The molecular formula is C14H18Cl3NO3. The summed E-state index contributed by atoms with van der Waals surface area (Å²) in [5, 5.41) is 0.378. The van der Waals surface area contributed by atoms with Crippen LogP contribution in [0.3, 0.4) is 0 Å². The molecule has 1 aromatic rings. The van der Waals surface area contributed by atoms with E-state index < -0.39 is 12.1 Å². The molecule has 7 heteroatoms. The zero-order chi connectivity index (χ0) is 15.7. The van der Waals surface area contributed by atoms with Gasteiger partial charge in [-0.05, 0) is 31.9 Å². The number of rotatable bonds is 9. The van der Waals surface area contributed by atoms with E-state index in [9.17, 15) is 4.79 Å². The molecule has 21 heavy (non-hydrogen) atoms. The molecule has 0 amide bonds. The Balaban J connectivity index is 2.30. The lowest BCUT2D eigenvalue weighted by Gasteiger charge is -2.14. The van der Waals surface area contributed by atoms with Crippen LogP contribution in [0.1, 0.15) is 32.6 Å². The van der Waals surface area contributed by atoms with Crippen LogP contribution in [0.15, 0.2) is 12.1 Å². The quantitative estimate of drug-likeness (QED) is 0.283. The number of hydrogen-bond donors (Lipinski definition) is 0. The molecule has 0 N–H and O–H groups in total. The Morgan fingerprint density at radius 2 is 1.95 bits per heavy atom. The zero-order valence-electron chi connectivity index (χ0n) is 11.8. The molecule has 118 valence electrons. The van der Waals surface area contributed by atoms with Gasteiger partial charge < -0.3 is 9.47 Å². The second-order valence-corrected chi connectivity index (χ2v) is 5.58. The Hall–Kier alpha value is -0.710. The molecule has 0 saturated heterocycles. The van der Waals surface area contributed by atoms with Gasteiger partial charge in [0.25, 0.3) is 0 Å². The van der Waals surface area contributed by atoms with Crippen molar-refractivity contribution in [2.45, 2.75) is 38.7 Å². The first-order valence-electron chi connectivity index (χ1n) is 6.76. The van der Waals surface area contributed by atoms with Gasteiger partial charge in [-0.1, -0.05) is 36.0 Å². The smallest absolute Gasteiger partial charge is 0.347 e. The fraction of sp³-hybridized carbons (Fsp3) is 0.571. The number of carbonyl (C=O) groups is 1. The lowest BCUT2D eigenvalue weighted by atomic mass is 10.2. The van der Waals surface area contributed by atoms with E-state index in [4.69, 9.17) is 44.3 Å². The minimum atomic E-state index is -0.756. The fourth-order valence-corrected chi connectivity index (χ4v) is 2.14. The van der Waals surface area contributed by atoms with Gasteiger partial charge in [0, 0.05) is 5.88 Å². The van der Waals surface area contributed by atoms with Crippen LogP contribution >= 0.6 is 34.8 Å². The van der Waals surface area contributed by atoms with Crippen LogP contribution in [0.25, 0.3) is 0 Å². The van der Waals surface area contributed by atoms with Crippen LogP contribution in [0.5, 0.6) is 5.75 Å². The molecule has 0 fully saturated rings. The maximum Gasteiger partial charge on any atom is 0.347 e. The molecule has 0 bridgehead atoms. The molecule has 1 aromatic heterocycles. The Morgan fingerprint density at radius 1 is 1.24 bits per heavy atom. The summed E-state index contributed by atoms with van der Waals surface area (Å²) in [6, 6.07) is 3.10. The first kappa shape index (κ1) is 18.3. The van der Waals surface area contributed by atoms with Gasteiger partial charge >= 0.3 is 5.97 Å². The van der Waals surface area contributed by atoms with E-state index in [1.165, 1.54) is 6.07 Å². The van der Waals surface area contributed by atoms with Gasteiger partial charge in [-0.25, -0.2) is 9.78 Å². The van der Waals surface area contributed by atoms with E-state index in [0.717, 1.165) is 25.7 Å². The van der Waals surface area contributed by atoms with Crippen LogP contribution in [0.2, 0.25) is 10.3 Å². The number of halogens is 3. The van der Waals surface area contributed by atoms with Gasteiger partial charge in [0.1, 0.15) is 5.15 Å². The zero-order valence-corrected chi connectivity index (χ0v) is 14.0. The van der Waals surface area contributed by atoms with Crippen molar-refractivity contribution < 1.29 is 14.3 Å². The second kappa shape index (κ2) is 10.1. The molecule has 1 rings (SSSR count). The number of nitrogens with zero attached hydrogens (tertiary/aromatic N) is 1. The summed E-state index contributed by atoms with van der Waals surface area (Å²) in [7, 11) is 0. The third-order valence-electron chi connectivity index (χ3n) is 2.69. The predicted octanol–water partition coefficient (Wildman–Crippen LogP) is 4.50. The van der Waals surface area contributed by atoms with Crippen molar-refractivity contribution in [3.63, 3.8) is 0 Å². The molecule has 0 saturated carbocycles. The van der Waals surface area contributed by atoms with Crippen LogP contribution in [0.4, 0.5) is 0 Å². The van der Waals surface area contributed by atoms with Crippen molar-refractivity contribution >= 4 is 40.8 Å². The summed E-state index contributed by atoms with van der Waals surface area (Å²) >= 11 is 17.1. The second-order valence-electron chi connectivity index (χ2n) is 4.45. The van der Waals surface area contributed by atoms with Crippen molar-refractivity contribution in [3.8, 4) is 5.75 Å². The number of pyridine rings is 1. The Kier molecular flexibility index (Phi) is 8.81. The molecule has 0 aliphatic carbocycles. The molecule has 0 radical (unpaired) electrons. The summed E-state index contributed by atoms with van der Waals surface area (Å²) in [6.07, 6.45) is 3.07. The van der Waals surface area contributed by atoms with Crippen molar-refractivity contribution in [1.82, 2.24) is 4.98 Å². The number of carbonyl (C=O) groups excluding carboxylic acids is 1. The summed E-state index contributed by atoms with van der Waals surface area (Å²) in [5.41, 5.74) is 0. The van der Waals surface area contributed by atoms with Gasteiger partial charge in [0.15, 0.2) is 17.0 Å². The van der Waals surface area contributed by atoms with E-state index in [-0.39, 0.29) is 10.3 Å². The highest BCUT2D eigenvalue weighted by Gasteiger charge is 2.18. The SMILES string of the molecule is CC(Oc1ccc(Cl)nc1Cl)C(=O)OCCCCCCCl. The maximum absolute atomic E-state index is 11.8. The summed E-state index contributed by atoms with van der Waals surface area (Å²) in [5.74, 6) is 0.534. The van der Waals surface area contributed by atoms with Crippen LogP contribution in [-0.2, 0) is 9.53 Å². The molecule has 0 aromatic carbocycles. The highest BCUT2D eigenvalue weighted by Crippen LogP contribution is 2.25. The van der Waals surface area contributed by atoms with E-state index in [1.54, 1.807) is 13.0 Å². The molecule has 1 heterocycles. The lowest BCUT2D eigenvalue weighted by molar-refractivity contribution is -0.151. The molecule has 0 aliphatic rings. The first-order valence-corrected chi connectivity index (χ1v) is 8.05. The van der Waals surface area contributed by atoms with Gasteiger partial charge in [-0.3, -0.25) is 0 Å². The molecule has 0 aliphatic heterocycles. The summed E-state index contributed by atoms with van der Waals surface area (Å²) in [4.78, 5) is 15.6. The van der Waals surface area contributed by atoms with E-state index in [1.807, 2.05) is 0 Å². The average Bonchev–Trinajstić information content (AvgIpc) is 2.45. The molecular weight excluding hydrogens is 337 g/mol.